The largest absolute Gasteiger partial charge is 0.507 e. The quantitative estimate of drug-likeness (QED) is 0.206. The van der Waals surface area contributed by atoms with Crippen LogP contribution in [0.3, 0.4) is 0 Å². The number of benzene rings is 3. The molecule has 9 heteroatoms. The molecule has 1 heterocycles. The Morgan fingerprint density at radius 1 is 1.05 bits per heavy atom. The average molecular weight is 555 g/mol. The number of Topliss-reactive ketones (excluding diaryl/α,β-unsaturated/α-hetero) is 1. The van der Waals surface area contributed by atoms with Gasteiger partial charge in [0.05, 0.1) is 35.9 Å². The van der Waals surface area contributed by atoms with Gasteiger partial charge in [0.2, 0.25) is 0 Å². The van der Waals surface area contributed by atoms with Gasteiger partial charge in [-0.1, -0.05) is 47.5 Å². The number of ketones is 1. The molecule has 3 aromatic rings. The van der Waals surface area contributed by atoms with Crippen molar-refractivity contribution in [3.63, 3.8) is 0 Å². The summed E-state index contributed by atoms with van der Waals surface area (Å²) in [6, 6.07) is 16.9. The van der Waals surface area contributed by atoms with Crippen LogP contribution in [0.2, 0.25) is 10.0 Å². The highest BCUT2D eigenvalue weighted by molar-refractivity contribution is 6.46. The second kappa shape index (κ2) is 11.4. The number of methoxy groups -OCH3 is 1. The van der Waals surface area contributed by atoms with Crippen molar-refractivity contribution >= 4 is 46.3 Å². The van der Waals surface area contributed by atoms with Gasteiger partial charge < -0.3 is 24.4 Å². The smallest absolute Gasteiger partial charge is 0.295 e. The predicted molar refractivity (Wildman–Crippen MR) is 149 cm³/mol. The number of carbonyl (C=O) groups is 2. The Labute approximate surface area is 231 Å². The number of anilines is 1. The first-order valence-electron chi connectivity index (χ1n) is 12.0. The zero-order chi connectivity index (χ0) is 27.6. The number of rotatable bonds is 8. The SMILES string of the molecule is CCOc1cccc(CN2C(=O)C(=O)/C(=C(/O)c3cc(Cl)cc(Cl)c3OC)C2c2ccc(N(C)C)cc2)c1. The predicted octanol–water partition coefficient (Wildman–Crippen LogP) is 6.09. The van der Waals surface area contributed by atoms with Crippen molar-refractivity contribution in [3.05, 3.63) is 93.0 Å². The summed E-state index contributed by atoms with van der Waals surface area (Å²) in [5, 5.41) is 11.9. The van der Waals surface area contributed by atoms with E-state index in [0.29, 0.717) is 17.9 Å². The lowest BCUT2D eigenvalue weighted by molar-refractivity contribution is -0.140. The molecule has 1 N–H and O–H groups in total. The topological polar surface area (TPSA) is 79.3 Å². The fraction of sp³-hybridized carbons (Fsp3) is 0.241. The highest BCUT2D eigenvalue weighted by Gasteiger charge is 2.46. The summed E-state index contributed by atoms with van der Waals surface area (Å²) < 4.78 is 11.0. The second-order valence-electron chi connectivity index (χ2n) is 8.96. The van der Waals surface area contributed by atoms with Gasteiger partial charge in [0.25, 0.3) is 11.7 Å². The van der Waals surface area contributed by atoms with Crippen molar-refractivity contribution < 1.29 is 24.2 Å². The van der Waals surface area contributed by atoms with E-state index in [2.05, 4.69) is 0 Å². The van der Waals surface area contributed by atoms with Crippen molar-refractivity contribution in [2.75, 3.05) is 32.7 Å². The molecule has 0 bridgehead atoms. The first-order valence-corrected chi connectivity index (χ1v) is 12.7. The number of nitrogens with zero attached hydrogens (tertiary/aromatic N) is 2. The fourth-order valence-corrected chi connectivity index (χ4v) is 5.10. The molecule has 0 saturated carbocycles. The van der Waals surface area contributed by atoms with E-state index < -0.39 is 23.5 Å². The molecule has 1 aliphatic rings. The van der Waals surface area contributed by atoms with Gasteiger partial charge in [-0.3, -0.25) is 9.59 Å². The first kappa shape index (κ1) is 27.4. The molecular weight excluding hydrogens is 527 g/mol. The molecular formula is C29H28Cl2N2O5. The van der Waals surface area contributed by atoms with Gasteiger partial charge in [-0.2, -0.15) is 0 Å². The number of carbonyl (C=O) groups excluding carboxylic acids is 2. The molecule has 1 saturated heterocycles. The number of amides is 1. The summed E-state index contributed by atoms with van der Waals surface area (Å²) in [5.41, 5.74) is 2.42. The minimum Gasteiger partial charge on any atom is -0.507 e. The zero-order valence-corrected chi connectivity index (χ0v) is 23.0. The first-order chi connectivity index (χ1) is 18.2. The lowest BCUT2D eigenvalue weighted by Gasteiger charge is -2.26. The molecule has 38 heavy (non-hydrogen) atoms. The van der Waals surface area contributed by atoms with Gasteiger partial charge in [-0.15, -0.1) is 0 Å². The van der Waals surface area contributed by atoms with Crippen molar-refractivity contribution in [1.82, 2.24) is 4.90 Å². The molecule has 4 rings (SSSR count). The summed E-state index contributed by atoms with van der Waals surface area (Å²) in [5.74, 6) is -1.17. The van der Waals surface area contributed by atoms with Gasteiger partial charge in [-0.05, 0) is 54.4 Å². The molecule has 0 aromatic heterocycles. The van der Waals surface area contributed by atoms with Gasteiger partial charge in [0.1, 0.15) is 17.3 Å². The van der Waals surface area contributed by atoms with Crippen LogP contribution in [0.1, 0.15) is 29.7 Å². The molecule has 1 amide bonds. The third-order valence-corrected chi connectivity index (χ3v) is 6.79. The van der Waals surface area contributed by atoms with Gasteiger partial charge >= 0.3 is 0 Å². The maximum atomic E-state index is 13.5. The number of likely N-dealkylation sites (tertiary alicyclic amines) is 1. The normalized spacial score (nSPS) is 16.6. The standard InChI is InChI=1S/C29H28Cl2N2O5/c1-5-38-21-8-6-7-17(13-21)16-33-25(18-9-11-20(12-10-18)32(2)3)24(27(35)29(33)36)26(34)22-14-19(30)15-23(31)28(22)37-4/h6-15,25,34H,5,16H2,1-4H3/b26-24+. The third-order valence-electron chi connectivity index (χ3n) is 6.30. The van der Waals surface area contributed by atoms with Crippen molar-refractivity contribution in [3.8, 4) is 11.5 Å². The lowest BCUT2D eigenvalue weighted by atomic mass is 9.94. The van der Waals surface area contributed by atoms with Crippen molar-refractivity contribution in [2.45, 2.75) is 19.5 Å². The molecule has 1 aliphatic heterocycles. The molecule has 1 fully saturated rings. The maximum Gasteiger partial charge on any atom is 0.295 e. The van der Waals surface area contributed by atoms with Gasteiger partial charge in [0.15, 0.2) is 0 Å². The minimum absolute atomic E-state index is 0.0785. The van der Waals surface area contributed by atoms with Crippen LogP contribution in [0.4, 0.5) is 5.69 Å². The summed E-state index contributed by atoms with van der Waals surface area (Å²) in [6.45, 7) is 2.50. The van der Waals surface area contributed by atoms with Gasteiger partial charge in [0, 0.05) is 31.4 Å². The van der Waals surface area contributed by atoms with Crippen LogP contribution in [0.5, 0.6) is 11.5 Å². The third kappa shape index (κ3) is 5.30. The Bertz CT molecular complexity index is 1400. The number of ether oxygens (including phenoxy) is 2. The van der Waals surface area contributed by atoms with E-state index in [0.717, 1.165) is 11.3 Å². The van der Waals surface area contributed by atoms with E-state index >= 15 is 0 Å². The molecule has 3 aromatic carbocycles. The Hall–Kier alpha value is -3.68. The fourth-order valence-electron chi connectivity index (χ4n) is 4.53. The Balaban J connectivity index is 1.89. The van der Waals surface area contributed by atoms with Crippen molar-refractivity contribution in [1.29, 1.82) is 0 Å². The Morgan fingerprint density at radius 3 is 2.39 bits per heavy atom. The highest BCUT2D eigenvalue weighted by atomic mass is 35.5. The monoisotopic (exact) mass is 554 g/mol. The Kier molecular flexibility index (Phi) is 8.19. The minimum atomic E-state index is -0.871. The van der Waals surface area contributed by atoms with Crippen LogP contribution in [0.15, 0.2) is 66.2 Å². The summed E-state index contributed by atoms with van der Waals surface area (Å²) in [7, 11) is 5.23. The number of hydrogen-bond acceptors (Lipinski definition) is 6. The molecule has 1 atom stereocenters. The Morgan fingerprint density at radius 2 is 1.76 bits per heavy atom. The van der Waals surface area contributed by atoms with Crippen LogP contribution < -0.4 is 14.4 Å². The van der Waals surface area contributed by atoms with E-state index in [-0.39, 0.29) is 33.5 Å². The molecule has 0 radical (unpaired) electrons. The van der Waals surface area contributed by atoms with Crippen LogP contribution in [0.25, 0.3) is 5.76 Å². The summed E-state index contributed by atoms with van der Waals surface area (Å²) >= 11 is 12.5. The number of halogens is 2. The van der Waals surface area contributed by atoms with E-state index in [4.69, 9.17) is 32.7 Å². The van der Waals surface area contributed by atoms with Gasteiger partial charge in [-0.25, -0.2) is 0 Å². The molecule has 0 aliphatic carbocycles. The summed E-state index contributed by atoms with van der Waals surface area (Å²) in [6.07, 6.45) is 0. The maximum absolute atomic E-state index is 13.5. The van der Waals surface area contributed by atoms with E-state index in [1.54, 1.807) is 0 Å². The van der Waals surface area contributed by atoms with Crippen LogP contribution in [-0.4, -0.2) is 49.5 Å². The van der Waals surface area contributed by atoms with Crippen LogP contribution >= 0.6 is 23.2 Å². The lowest BCUT2D eigenvalue weighted by Crippen LogP contribution is -2.29. The second-order valence-corrected chi connectivity index (χ2v) is 9.81. The van der Waals surface area contributed by atoms with Crippen molar-refractivity contribution in [2.24, 2.45) is 0 Å². The number of hydrogen-bond donors (Lipinski definition) is 1. The highest BCUT2D eigenvalue weighted by Crippen LogP contribution is 2.44. The van der Waals surface area contributed by atoms with E-state index in [1.165, 1.54) is 24.1 Å². The molecule has 0 spiro atoms. The van der Waals surface area contributed by atoms with E-state index in [9.17, 15) is 14.7 Å². The number of aliphatic hydroxyl groups is 1. The number of aliphatic hydroxyl groups excluding tert-OH is 1. The zero-order valence-electron chi connectivity index (χ0n) is 21.5. The molecule has 1 unspecified atom stereocenters. The average Bonchev–Trinajstić information content (AvgIpc) is 3.13. The summed E-state index contributed by atoms with van der Waals surface area (Å²) in [4.78, 5) is 30.3. The molecule has 198 valence electrons. The van der Waals surface area contributed by atoms with Crippen LogP contribution in [0, 0.1) is 0 Å². The molecule has 7 nitrogen and oxygen atoms in total. The van der Waals surface area contributed by atoms with E-state index in [1.807, 2.05) is 74.4 Å². The van der Waals surface area contributed by atoms with Crippen LogP contribution in [-0.2, 0) is 16.1 Å².